The first-order chi connectivity index (χ1) is 11.3. The van der Waals surface area contributed by atoms with E-state index in [-0.39, 0.29) is 0 Å². The zero-order valence-corrected chi connectivity index (χ0v) is 13.8. The Kier molecular flexibility index (Phi) is 5.48. The summed E-state index contributed by atoms with van der Waals surface area (Å²) in [5, 5.41) is 3.50. The summed E-state index contributed by atoms with van der Waals surface area (Å²) in [6, 6.07) is 12.5. The van der Waals surface area contributed by atoms with Crippen LogP contribution in [0.2, 0.25) is 0 Å². The Labute approximate surface area is 138 Å². The van der Waals surface area contributed by atoms with Crippen molar-refractivity contribution in [2.45, 2.75) is 32.4 Å². The second-order valence-electron chi connectivity index (χ2n) is 6.02. The molecule has 1 N–H and O–H groups in total. The number of hydrogen-bond acceptors (Lipinski definition) is 4. The van der Waals surface area contributed by atoms with Gasteiger partial charge in [0.25, 0.3) is 0 Å². The van der Waals surface area contributed by atoms with Crippen LogP contribution in [0.25, 0.3) is 0 Å². The zero-order valence-electron chi connectivity index (χ0n) is 13.8. The number of benzene rings is 1. The molecule has 3 rings (SSSR count). The van der Waals surface area contributed by atoms with Crippen LogP contribution in [0, 0.1) is 0 Å². The second-order valence-corrected chi connectivity index (χ2v) is 6.02. The number of rotatable bonds is 6. The molecule has 2 heterocycles. The largest absolute Gasteiger partial charge is 0.497 e. The fraction of sp³-hybridized carbons (Fsp3) is 0.421. The fourth-order valence-electron chi connectivity index (χ4n) is 2.96. The lowest BCUT2D eigenvalue weighted by molar-refractivity contribution is 0.414. The lowest BCUT2D eigenvalue weighted by Gasteiger charge is -2.27. The summed E-state index contributed by atoms with van der Waals surface area (Å²) in [7, 11) is 1.69. The Balaban J connectivity index is 1.53. The summed E-state index contributed by atoms with van der Waals surface area (Å²) in [5.74, 6) is 2.02. The van der Waals surface area contributed by atoms with Crippen LogP contribution in [-0.4, -0.2) is 25.2 Å². The number of anilines is 1. The van der Waals surface area contributed by atoms with Gasteiger partial charge in [0.1, 0.15) is 11.6 Å². The smallest absolute Gasteiger partial charge is 0.128 e. The van der Waals surface area contributed by atoms with Crippen molar-refractivity contribution in [1.82, 2.24) is 10.3 Å². The highest BCUT2D eigenvalue weighted by Crippen LogP contribution is 2.18. The van der Waals surface area contributed by atoms with E-state index >= 15 is 0 Å². The van der Waals surface area contributed by atoms with Crippen LogP contribution in [0.5, 0.6) is 5.75 Å². The number of hydrogen-bond donors (Lipinski definition) is 1. The van der Waals surface area contributed by atoms with Crippen molar-refractivity contribution in [1.29, 1.82) is 0 Å². The number of pyridine rings is 1. The van der Waals surface area contributed by atoms with Crippen molar-refractivity contribution in [2.75, 3.05) is 25.1 Å². The van der Waals surface area contributed by atoms with Gasteiger partial charge < -0.3 is 15.0 Å². The molecular formula is C19H25N3O. The van der Waals surface area contributed by atoms with Gasteiger partial charge in [0.05, 0.1) is 7.11 Å². The van der Waals surface area contributed by atoms with Gasteiger partial charge in [0, 0.05) is 32.4 Å². The van der Waals surface area contributed by atoms with Crippen molar-refractivity contribution >= 4 is 5.82 Å². The van der Waals surface area contributed by atoms with Gasteiger partial charge in [0.2, 0.25) is 0 Å². The maximum atomic E-state index is 5.18. The van der Waals surface area contributed by atoms with Gasteiger partial charge in [0.15, 0.2) is 0 Å². The van der Waals surface area contributed by atoms with E-state index in [1.807, 2.05) is 18.3 Å². The lowest BCUT2D eigenvalue weighted by Crippen LogP contribution is -2.30. The fourth-order valence-corrected chi connectivity index (χ4v) is 2.96. The summed E-state index contributed by atoms with van der Waals surface area (Å²) in [4.78, 5) is 6.93. The molecule has 0 aliphatic carbocycles. The van der Waals surface area contributed by atoms with Crippen molar-refractivity contribution in [3.8, 4) is 5.75 Å². The molecule has 0 unspecified atom stereocenters. The topological polar surface area (TPSA) is 37.4 Å². The molecule has 0 bridgehead atoms. The number of piperidine rings is 1. The molecule has 0 amide bonds. The van der Waals surface area contributed by atoms with Crippen molar-refractivity contribution in [3.05, 3.63) is 53.7 Å². The first kappa shape index (κ1) is 15.8. The van der Waals surface area contributed by atoms with Gasteiger partial charge in [-0.15, -0.1) is 0 Å². The molecule has 4 nitrogen and oxygen atoms in total. The minimum atomic E-state index is 0.853. The van der Waals surface area contributed by atoms with Gasteiger partial charge in [-0.2, -0.15) is 0 Å². The van der Waals surface area contributed by atoms with E-state index in [1.54, 1.807) is 7.11 Å². The molecule has 0 radical (unpaired) electrons. The van der Waals surface area contributed by atoms with Crippen LogP contribution in [-0.2, 0) is 13.1 Å². The molecule has 1 saturated heterocycles. The molecule has 122 valence electrons. The third-order valence-corrected chi connectivity index (χ3v) is 4.31. The van der Waals surface area contributed by atoms with Gasteiger partial charge >= 0.3 is 0 Å². The summed E-state index contributed by atoms with van der Waals surface area (Å²) in [6.45, 7) is 3.98. The normalized spacial score (nSPS) is 14.7. The number of methoxy groups -OCH3 is 1. The van der Waals surface area contributed by atoms with Crippen LogP contribution in [0.1, 0.15) is 30.4 Å². The molecular weight excluding hydrogens is 286 g/mol. The van der Waals surface area contributed by atoms with Gasteiger partial charge in [-0.1, -0.05) is 12.1 Å². The molecule has 1 aliphatic rings. The van der Waals surface area contributed by atoms with Crippen LogP contribution >= 0.6 is 0 Å². The van der Waals surface area contributed by atoms with Crippen molar-refractivity contribution < 1.29 is 4.74 Å². The molecule has 0 spiro atoms. The van der Waals surface area contributed by atoms with E-state index in [0.717, 1.165) is 37.7 Å². The SMILES string of the molecule is COc1ccc(CNCc2ccnc(N3CCCCC3)c2)cc1. The predicted molar refractivity (Wildman–Crippen MR) is 93.8 cm³/mol. The van der Waals surface area contributed by atoms with Crippen LogP contribution < -0.4 is 15.0 Å². The van der Waals surface area contributed by atoms with Crippen LogP contribution in [0.3, 0.4) is 0 Å². The Morgan fingerprint density at radius 1 is 1.00 bits per heavy atom. The third kappa shape index (κ3) is 4.45. The van der Waals surface area contributed by atoms with E-state index in [2.05, 4.69) is 39.5 Å². The number of nitrogens with zero attached hydrogens (tertiary/aromatic N) is 2. The van der Waals surface area contributed by atoms with Crippen LogP contribution in [0.4, 0.5) is 5.82 Å². The molecule has 23 heavy (non-hydrogen) atoms. The zero-order chi connectivity index (χ0) is 15.9. The average Bonchev–Trinajstić information content (AvgIpc) is 2.63. The van der Waals surface area contributed by atoms with Crippen LogP contribution in [0.15, 0.2) is 42.6 Å². The van der Waals surface area contributed by atoms with Gasteiger partial charge in [-0.05, 0) is 54.7 Å². The molecule has 4 heteroatoms. The highest BCUT2D eigenvalue weighted by molar-refractivity contribution is 5.41. The molecule has 1 aromatic carbocycles. The first-order valence-electron chi connectivity index (χ1n) is 8.39. The monoisotopic (exact) mass is 311 g/mol. The molecule has 0 atom stereocenters. The molecule has 1 aromatic heterocycles. The Morgan fingerprint density at radius 3 is 2.48 bits per heavy atom. The van der Waals surface area contributed by atoms with E-state index in [4.69, 9.17) is 4.74 Å². The molecule has 1 aliphatic heterocycles. The molecule has 0 saturated carbocycles. The number of ether oxygens (including phenoxy) is 1. The highest BCUT2D eigenvalue weighted by Gasteiger charge is 2.12. The minimum absolute atomic E-state index is 0.853. The second kappa shape index (κ2) is 7.97. The Hall–Kier alpha value is -2.07. The highest BCUT2D eigenvalue weighted by atomic mass is 16.5. The maximum Gasteiger partial charge on any atom is 0.128 e. The maximum absolute atomic E-state index is 5.18. The predicted octanol–water partition coefficient (Wildman–Crippen LogP) is 3.37. The molecule has 1 fully saturated rings. The van der Waals surface area contributed by atoms with E-state index in [9.17, 15) is 0 Å². The quantitative estimate of drug-likeness (QED) is 0.887. The van der Waals surface area contributed by atoms with Gasteiger partial charge in [-0.25, -0.2) is 4.98 Å². The van der Waals surface area contributed by atoms with E-state index in [0.29, 0.717) is 0 Å². The average molecular weight is 311 g/mol. The van der Waals surface area contributed by atoms with E-state index in [1.165, 1.54) is 30.4 Å². The summed E-state index contributed by atoms with van der Waals surface area (Å²) in [5.41, 5.74) is 2.55. The molecule has 2 aromatic rings. The first-order valence-corrected chi connectivity index (χ1v) is 8.39. The Morgan fingerprint density at radius 2 is 1.74 bits per heavy atom. The van der Waals surface area contributed by atoms with Crippen molar-refractivity contribution in [2.24, 2.45) is 0 Å². The summed E-state index contributed by atoms with van der Waals surface area (Å²) >= 11 is 0. The standard InChI is InChI=1S/C19H25N3O/c1-23-18-7-5-16(6-8-18)14-20-15-17-9-10-21-19(13-17)22-11-3-2-4-12-22/h5-10,13,20H,2-4,11-12,14-15H2,1H3. The summed E-state index contributed by atoms with van der Waals surface area (Å²) in [6.07, 6.45) is 5.83. The van der Waals surface area contributed by atoms with Gasteiger partial charge in [-0.3, -0.25) is 0 Å². The lowest BCUT2D eigenvalue weighted by atomic mass is 10.1. The number of nitrogens with one attached hydrogen (secondary N) is 1. The minimum Gasteiger partial charge on any atom is -0.497 e. The van der Waals surface area contributed by atoms with Crippen molar-refractivity contribution in [3.63, 3.8) is 0 Å². The Bertz CT molecular complexity index is 606. The summed E-state index contributed by atoms with van der Waals surface area (Å²) < 4.78 is 5.18. The third-order valence-electron chi connectivity index (χ3n) is 4.31. The number of aromatic nitrogens is 1. The van der Waals surface area contributed by atoms with E-state index < -0.39 is 0 Å².